The van der Waals surface area contributed by atoms with Gasteiger partial charge in [-0.3, -0.25) is 20.0 Å². The van der Waals surface area contributed by atoms with Crippen LogP contribution in [-0.2, 0) is 10.8 Å². The standard InChI is InChI=1S/C38H44N4O2/c1-37(2,3)31-19-27(25-11-9-15-39-21-25)17-29(35(31)43)23-41-33-13-7-8-14-34(33)42-24-30-18-28(26-12-10-16-40-22-26)20-32(36(30)44)38(4,5)6/h9-12,15-24,33-34,43-44H,7-8,13-14H2,1-6H3/t33-,34-/m0/s1. The Morgan fingerprint density at radius 3 is 1.39 bits per heavy atom. The fraction of sp³-hybridized carbons (Fsp3) is 0.368. The molecule has 0 aliphatic heterocycles. The third-order valence-corrected chi connectivity index (χ3v) is 8.39. The maximum atomic E-state index is 11.3. The van der Waals surface area contributed by atoms with E-state index in [0.717, 1.165) is 59.1 Å². The second kappa shape index (κ2) is 12.7. The van der Waals surface area contributed by atoms with E-state index in [1.807, 2.05) is 61.2 Å². The molecule has 1 aliphatic rings. The first-order chi connectivity index (χ1) is 20.9. The lowest BCUT2D eigenvalue weighted by molar-refractivity contribution is 0.390. The first kappa shape index (κ1) is 31.1. The Morgan fingerprint density at radius 1 is 0.636 bits per heavy atom. The molecule has 0 unspecified atom stereocenters. The second-order valence-electron chi connectivity index (χ2n) is 13.9. The lowest BCUT2D eigenvalue weighted by Gasteiger charge is -2.26. The molecule has 2 aromatic heterocycles. The second-order valence-corrected chi connectivity index (χ2v) is 13.9. The van der Waals surface area contributed by atoms with E-state index < -0.39 is 0 Å². The normalized spacial score (nSPS) is 17.9. The molecule has 2 atom stereocenters. The molecule has 1 aliphatic carbocycles. The van der Waals surface area contributed by atoms with Gasteiger partial charge < -0.3 is 10.2 Å². The molecular weight excluding hydrogens is 544 g/mol. The van der Waals surface area contributed by atoms with Crippen LogP contribution in [-0.4, -0.2) is 44.7 Å². The molecule has 0 bridgehead atoms. The average molecular weight is 589 g/mol. The topological polar surface area (TPSA) is 91.0 Å². The minimum absolute atomic E-state index is 0.0229. The van der Waals surface area contributed by atoms with E-state index >= 15 is 0 Å². The van der Waals surface area contributed by atoms with E-state index in [4.69, 9.17) is 9.98 Å². The van der Waals surface area contributed by atoms with Gasteiger partial charge in [0.25, 0.3) is 0 Å². The molecule has 1 saturated carbocycles. The van der Waals surface area contributed by atoms with Crippen molar-refractivity contribution in [1.29, 1.82) is 0 Å². The minimum Gasteiger partial charge on any atom is -0.507 e. The molecule has 228 valence electrons. The van der Waals surface area contributed by atoms with Crippen molar-refractivity contribution in [1.82, 2.24) is 9.97 Å². The maximum absolute atomic E-state index is 11.3. The summed E-state index contributed by atoms with van der Waals surface area (Å²) in [6.45, 7) is 12.6. The third-order valence-electron chi connectivity index (χ3n) is 8.39. The molecule has 2 aromatic carbocycles. The van der Waals surface area contributed by atoms with Crippen LogP contribution in [0.2, 0.25) is 0 Å². The van der Waals surface area contributed by atoms with Gasteiger partial charge >= 0.3 is 0 Å². The van der Waals surface area contributed by atoms with Crippen molar-refractivity contribution in [2.45, 2.75) is 90.1 Å². The van der Waals surface area contributed by atoms with E-state index in [-0.39, 0.29) is 34.4 Å². The van der Waals surface area contributed by atoms with Crippen molar-refractivity contribution >= 4 is 12.4 Å². The van der Waals surface area contributed by atoms with Gasteiger partial charge in [-0.15, -0.1) is 0 Å². The average Bonchev–Trinajstić information content (AvgIpc) is 3.00. The van der Waals surface area contributed by atoms with Crippen LogP contribution in [0, 0.1) is 0 Å². The number of aromatic nitrogens is 2. The number of aliphatic imine (C=N–C) groups is 2. The van der Waals surface area contributed by atoms with Crippen molar-refractivity contribution in [3.63, 3.8) is 0 Å². The zero-order valence-corrected chi connectivity index (χ0v) is 26.7. The fourth-order valence-electron chi connectivity index (χ4n) is 5.85. The van der Waals surface area contributed by atoms with E-state index in [1.54, 1.807) is 12.4 Å². The van der Waals surface area contributed by atoms with Crippen LogP contribution in [0.15, 0.2) is 83.3 Å². The van der Waals surface area contributed by atoms with Crippen LogP contribution in [0.5, 0.6) is 11.5 Å². The summed E-state index contributed by atoms with van der Waals surface area (Å²) in [5.74, 6) is 0.521. The first-order valence-corrected chi connectivity index (χ1v) is 15.5. The van der Waals surface area contributed by atoms with Crippen molar-refractivity contribution < 1.29 is 10.2 Å². The Balaban J connectivity index is 1.48. The number of aromatic hydroxyl groups is 2. The van der Waals surface area contributed by atoms with Gasteiger partial charge in [-0.05, 0) is 71.2 Å². The molecule has 4 aromatic rings. The highest BCUT2D eigenvalue weighted by atomic mass is 16.3. The number of benzene rings is 2. The number of rotatable bonds is 6. The van der Waals surface area contributed by atoms with Crippen LogP contribution in [0.25, 0.3) is 22.3 Å². The highest BCUT2D eigenvalue weighted by molar-refractivity contribution is 5.89. The first-order valence-electron chi connectivity index (χ1n) is 15.5. The van der Waals surface area contributed by atoms with Gasteiger partial charge in [0.15, 0.2) is 0 Å². The molecule has 0 radical (unpaired) electrons. The molecule has 0 saturated heterocycles. The van der Waals surface area contributed by atoms with Crippen LogP contribution in [0.1, 0.15) is 89.5 Å². The molecule has 0 amide bonds. The molecule has 6 heteroatoms. The Bertz CT molecular complexity index is 1520. The quantitative estimate of drug-likeness (QED) is 0.221. The van der Waals surface area contributed by atoms with Crippen molar-refractivity contribution in [2.24, 2.45) is 9.98 Å². The Morgan fingerprint density at radius 2 is 1.05 bits per heavy atom. The van der Waals surface area contributed by atoms with Gasteiger partial charge in [-0.1, -0.05) is 66.5 Å². The maximum Gasteiger partial charge on any atom is 0.128 e. The van der Waals surface area contributed by atoms with Gasteiger partial charge in [0.05, 0.1) is 12.1 Å². The third kappa shape index (κ3) is 7.07. The number of pyridine rings is 2. The lowest BCUT2D eigenvalue weighted by atomic mass is 9.83. The summed E-state index contributed by atoms with van der Waals surface area (Å²) in [4.78, 5) is 18.6. The summed E-state index contributed by atoms with van der Waals surface area (Å²) in [5, 5.41) is 22.6. The van der Waals surface area contributed by atoms with E-state index in [1.165, 1.54) is 0 Å². The predicted octanol–water partition coefficient (Wildman–Crippen LogP) is 8.67. The van der Waals surface area contributed by atoms with E-state index in [2.05, 4.69) is 63.6 Å². The Hall–Kier alpha value is -4.32. The summed E-state index contributed by atoms with van der Waals surface area (Å²) in [5.41, 5.74) is 6.63. The molecule has 44 heavy (non-hydrogen) atoms. The molecule has 2 heterocycles. The largest absolute Gasteiger partial charge is 0.507 e. The Kier molecular flexibility index (Phi) is 9.00. The summed E-state index contributed by atoms with van der Waals surface area (Å²) < 4.78 is 0. The number of hydrogen-bond acceptors (Lipinski definition) is 6. The van der Waals surface area contributed by atoms with Crippen LogP contribution >= 0.6 is 0 Å². The molecule has 6 nitrogen and oxygen atoms in total. The number of phenols is 2. The van der Waals surface area contributed by atoms with Gasteiger partial charge in [-0.2, -0.15) is 0 Å². The zero-order chi connectivity index (χ0) is 31.5. The van der Waals surface area contributed by atoms with Gasteiger partial charge in [0, 0.05) is 70.6 Å². The SMILES string of the molecule is CC(C)(C)c1cc(-c2cccnc2)cc(C=N[C@H]2CCCC[C@@H]2N=Cc2cc(-c3cccnc3)cc(C(C)(C)C)c2O)c1O. The van der Waals surface area contributed by atoms with Crippen molar-refractivity contribution in [2.75, 3.05) is 0 Å². The summed E-state index contributed by atoms with van der Waals surface area (Å²) in [6.07, 6.45) is 14.9. The highest BCUT2D eigenvalue weighted by Gasteiger charge is 2.26. The van der Waals surface area contributed by atoms with Gasteiger partial charge in [0.1, 0.15) is 11.5 Å². The minimum atomic E-state index is -0.249. The van der Waals surface area contributed by atoms with Gasteiger partial charge in [0.2, 0.25) is 0 Å². The number of nitrogens with zero attached hydrogens (tertiary/aromatic N) is 4. The van der Waals surface area contributed by atoms with Crippen molar-refractivity contribution in [3.8, 4) is 33.8 Å². The molecule has 2 N–H and O–H groups in total. The van der Waals surface area contributed by atoms with Gasteiger partial charge in [-0.25, -0.2) is 0 Å². The predicted molar refractivity (Wildman–Crippen MR) is 181 cm³/mol. The molecule has 5 rings (SSSR count). The lowest BCUT2D eigenvalue weighted by Crippen LogP contribution is -2.27. The monoisotopic (exact) mass is 588 g/mol. The summed E-state index contributed by atoms with van der Waals surface area (Å²) in [7, 11) is 0. The van der Waals surface area contributed by atoms with Crippen molar-refractivity contribution in [3.05, 3.63) is 95.6 Å². The zero-order valence-electron chi connectivity index (χ0n) is 26.7. The Labute approximate surface area is 261 Å². The summed E-state index contributed by atoms with van der Waals surface area (Å²) >= 11 is 0. The fourth-order valence-corrected chi connectivity index (χ4v) is 5.85. The highest BCUT2D eigenvalue weighted by Crippen LogP contribution is 2.38. The smallest absolute Gasteiger partial charge is 0.128 e. The van der Waals surface area contributed by atoms with Crippen LogP contribution in [0.4, 0.5) is 0 Å². The van der Waals surface area contributed by atoms with E-state index in [0.29, 0.717) is 11.1 Å². The molecule has 0 spiro atoms. The number of phenolic OH excluding ortho intramolecular Hbond substituents is 2. The van der Waals surface area contributed by atoms with Crippen LogP contribution < -0.4 is 0 Å². The number of hydrogen-bond donors (Lipinski definition) is 2. The molecule has 1 fully saturated rings. The summed E-state index contributed by atoms with van der Waals surface area (Å²) in [6, 6.07) is 15.9. The van der Waals surface area contributed by atoms with Crippen LogP contribution in [0.3, 0.4) is 0 Å². The molecular formula is C38H44N4O2. The van der Waals surface area contributed by atoms with E-state index in [9.17, 15) is 10.2 Å².